The van der Waals surface area contributed by atoms with Crippen LogP contribution in [0.1, 0.15) is 32.4 Å². The highest BCUT2D eigenvalue weighted by Crippen LogP contribution is 2.32. The van der Waals surface area contributed by atoms with E-state index in [-0.39, 0.29) is 5.43 Å². The second-order valence-electron chi connectivity index (χ2n) is 4.66. The van der Waals surface area contributed by atoms with Gasteiger partial charge in [-0.25, -0.2) is 0 Å². The second kappa shape index (κ2) is 7.97. The number of hydrogen-bond donors (Lipinski definition) is 0. The summed E-state index contributed by atoms with van der Waals surface area (Å²) in [5.74, 6) is 0. The average Bonchev–Trinajstić information content (AvgIpc) is 2.55. The Morgan fingerprint density at radius 2 is 2.05 bits per heavy atom. The van der Waals surface area contributed by atoms with E-state index in [9.17, 15) is 4.79 Å². The molecule has 1 aliphatic rings. The number of allylic oxidation sites excluding steroid dienone is 3. The van der Waals surface area contributed by atoms with E-state index in [0.717, 1.165) is 29.1 Å². The molecule has 0 aliphatic heterocycles. The predicted octanol–water partition coefficient (Wildman–Crippen LogP) is 5.26. The van der Waals surface area contributed by atoms with Gasteiger partial charge in [0.1, 0.15) is 0 Å². The largest absolute Gasteiger partial charge is 0.289 e. The summed E-state index contributed by atoms with van der Waals surface area (Å²) in [6.45, 7) is 5.94. The minimum atomic E-state index is 0.0308. The van der Waals surface area contributed by atoms with Crippen molar-refractivity contribution in [2.75, 3.05) is 0 Å². The van der Waals surface area contributed by atoms with E-state index in [1.165, 1.54) is 4.91 Å². The third-order valence-electron chi connectivity index (χ3n) is 3.13. The minimum absolute atomic E-state index is 0.0308. The highest BCUT2D eigenvalue weighted by molar-refractivity contribution is 14.1. The molecular formula is C17H19IN2OS. The van der Waals surface area contributed by atoms with Crippen molar-refractivity contribution in [1.29, 1.82) is 0 Å². The molecule has 0 bridgehead atoms. The molecule has 0 amide bonds. The van der Waals surface area contributed by atoms with Crippen molar-refractivity contribution in [3.05, 3.63) is 57.4 Å². The third kappa shape index (κ3) is 3.81. The quantitative estimate of drug-likeness (QED) is 0.615. The first-order valence-corrected chi connectivity index (χ1v) is 9.16. The zero-order chi connectivity index (χ0) is 16.1. The Morgan fingerprint density at radius 1 is 1.27 bits per heavy atom. The Morgan fingerprint density at radius 3 is 2.73 bits per heavy atom. The monoisotopic (exact) mass is 426 g/mol. The van der Waals surface area contributed by atoms with Gasteiger partial charge in [-0.15, -0.1) is 0 Å². The second-order valence-corrected chi connectivity index (χ2v) is 6.72. The number of nitrogens with zero attached hydrogens (tertiary/aromatic N) is 2. The van der Waals surface area contributed by atoms with Gasteiger partial charge in [0.2, 0.25) is 0 Å². The molecule has 0 spiro atoms. The summed E-state index contributed by atoms with van der Waals surface area (Å²) in [6.07, 6.45) is 10.3. The Kier molecular flexibility index (Phi) is 6.26. The maximum atomic E-state index is 12.2. The lowest BCUT2D eigenvalue weighted by Gasteiger charge is -2.12. The lowest BCUT2D eigenvalue weighted by molar-refractivity contribution is 1.03. The Hall–Kier alpha value is -1.08. The fraction of sp³-hybridized carbons (Fsp3) is 0.294. The van der Waals surface area contributed by atoms with Crippen molar-refractivity contribution in [2.24, 2.45) is 0 Å². The Bertz CT molecular complexity index is 793. The first kappa shape index (κ1) is 17.3. The molecule has 0 unspecified atom stereocenters. The summed E-state index contributed by atoms with van der Waals surface area (Å²) in [7, 11) is 0. The number of rotatable bonds is 2. The van der Waals surface area contributed by atoms with E-state index in [1.54, 1.807) is 24.0 Å². The zero-order valence-electron chi connectivity index (χ0n) is 13.0. The first-order chi connectivity index (χ1) is 10.6. The molecule has 116 valence electrons. The molecule has 0 radical (unpaired) electrons. The van der Waals surface area contributed by atoms with Crippen LogP contribution in [0.4, 0.5) is 0 Å². The number of halogens is 1. The fourth-order valence-electron chi connectivity index (χ4n) is 2.12. The van der Waals surface area contributed by atoms with Gasteiger partial charge in [-0.05, 0) is 25.8 Å². The molecule has 2 aromatic rings. The molecule has 0 N–H and O–H groups in total. The first-order valence-electron chi connectivity index (χ1n) is 7.38. The van der Waals surface area contributed by atoms with Gasteiger partial charge in [0.15, 0.2) is 5.43 Å². The molecule has 0 aromatic carbocycles. The van der Waals surface area contributed by atoms with Crippen LogP contribution in [0.25, 0.3) is 10.9 Å². The van der Waals surface area contributed by atoms with E-state index in [4.69, 9.17) is 0 Å². The van der Waals surface area contributed by atoms with Gasteiger partial charge in [-0.3, -0.25) is 12.6 Å². The standard InChI is InChI=1S/C15H13IN2OS.C2H6/c1-10-7-13-12(9-17-10)14(19)8-15(18(13)16)20-11-5-3-2-4-6-11;1-2/h3,5-9H,2,4H2,1H3;1-2H3. The van der Waals surface area contributed by atoms with Crippen molar-refractivity contribution in [2.45, 2.75) is 38.6 Å². The number of aromatic nitrogens is 2. The molecule has 3 nitrogen and oxygen atoms in total. The number of hydrogen-bond acceptors (Lipinski definition) is 3. The smallest absolute Gasteiger partial charge is 0.192 e. The Labute approximate surface area is 149 Å². The molecule has 0 saturated heterocycles. The number of pyridine rings is 2. The van der Waals surface area contributed by atoms with Crippen LogP contribution in [0.5, 0.6) is 0 Å². The van der Waals surface area contributed by atoms with Crippen LogP contribution < -0.4 is 5.43 Å². The summed E-state index contributed by atoms with van der Waals surface area (Å²) in [6, 6.07) is 3.65. The summed E-state index contributed by atoms with van der Waals surface area (Å²) in [5, 5.41) is 1.62. The normalized spacial score (nSPS) is 13.5. The van der Waals surface area contributed by atoms with Crippen LogP contribution >= 0.6 is 34.6 Å². The molecule has 0 saturated carbocycles. The highest BCUT2D eigenvalue weighted by Gasteiger charge is 2.10. The zero-order valence-corrected chi connectivity index (χ0v) is 15.9. The summed E-state index contributed by atoms with van der Waals surface area (Å²) in [5.41, 5.74) is 1.87. The van der Waals surface area contributed by atoms with E-state index >= 15 is 0 Å². The van der Waals surface area contributed by atoms with E-state index < -0.39 is 0 Å². The Balaban J connectivity index is 0.000000847. The lowest BCUT2D eigenvalue weighted by Crippen LogP contribution is -2.06. The topological polar surface area (TPSA) is 34.9 Å². The SMILES string of the molecule is CC.Cc1cc2c(cn1)c(=O)cc(SC1=CCCC=C1)n2I. The van der Waals surface area contributed by atoms with Crippen LogP contribution in [0.3, 0.4) is 0 Å². The summed E-state index contributed by atoms with van der Waals surface area (Å²) < 4.78 is 2.04. The molecule has 3 rings (SSSR count). The molecule has 0 atom stereocenters. The lowest BCUT2D eigenvalue weighted by atomic mass is 10.2. The molecule has 5 heteroatoms. The van der Waals surface area contributed by atoms with Crippen molar-refractivity contribution in [3.63, 3.8) is 0 Å². The summed E-state index contributed by atoms with van der Waals surface area (Å²) in [4.78, 5) is 17.6. The number of fused-ring (bicyclic) bond motifs is 1. The van der Waals surface area contributed by atoms with Gasteiger partial charge < -0.3 is 0 Å². The van der Waals surface area contributed by atoms with Gasteiger partial charge in [-0.1, -0.05) is 43.8 Å². The van der Waals surface area contributed by atoms with Gasteiger partial charge >= 0.3 is 0 Å². The molecule has 0 fully saturated rings. The van der Waals surface area contributed by atoms with Crippen LogP contribution in [-0.4, -0.2) is 7.76 Å². The van der Waals surface area contributed by atoms with Crippen molar-refractivity contribution in [3.8, 4) is 0 Å². The third-order valence-corrected chi connectivity index (χ3v) is 5.54. The van der Waals surface area contributed by atoms with Crippen LogP contribution in [-0.2, 0) is 0 Å². The van der Waals surface area contributed by atoms with Crippen molar-refractivity contribution >= 4 is 45.5 Å². The molecule has 1 aliphatic carbocycles. The van der Waals surface area contributed by atoms with Crippen molar-refractivity contribution < 1.29 is 0 Å². The van der Waals surface area contributed by atoms with Gasteiger partial charge in [-0.2, -0.15) is 0 Å². The molecule has 2 heterocycles. The molecule has 2 aromatic heterocycles. The molecular weight excluding hydrogens is 407 g/mol. The molecule has 22 heavy (non-hydrogen) atoms. The highest BCUT2D eigenvalue weighted by atomic mass is 127. The maximum Gasteiger partial charge on any atom is 0.192 e. The number of thioether (sulfide) groups is 1. The predicted molar refractivity (Wildman–Crippen MR) is 104 cm³/mol. The van der Waals surface area contributed by atoms with Gasteiger partial charge in [0, 0.05) is 22.9 Å². The number of aryl methyl sites for hydroxylation is 1. The van der Waals surface area contributed by atoms with Gasteiger partial charge in [0.25, 0.3) is 0 Å². The van der Waals surface area contributed by atoms with E-state index in [1.807, 2.05) is 29.6 Å². The van der Waals surface area contributed by atoms with Crippen LogP contribution in [0.15, 0.2) is 51.3 Å². The van der Waals surface area contributed by atoms with Crippen molar-refractivity contribution in [1.82, 2.24) is 7.76 Å². The van der Waals surface area contributed by atoms with E-state index in [2.05, 4.69) is 46.1 Å². The maximum absolute atomic E-state index is 12.2. The van der Waals surface area contributed by atoms with Gasteiger partial charge in [0.05, 0.1) is 38.8 Å². The van der Waals surface area contributed by atoms with E-state index in [0.29, 0.717) is 5.39 Å². The fourth-order valence-corrected chi connectivity index (χ4v) is 3.90. The minimum Gasteiger partial charge on any atom is -0.289 e. The van der Waals surface area contributed by atoms with Crippen LogP contribution in [0.2, 0.25) is 0 Å². The average molecular weight is 426 g/mol. The van der Waals surface area contributed by atoms with Crippen LogP contribution in [0, 0.1) is 6.92 Å². The summed E-state index contributed by atoms with van der Waals surface area (Å²) >= 11 is 3.88.